The van der Waals surface area contributed by atoms with E-state index in [0.717, 1.165) is 11.1 Å². The number of hydrazone groups is 1. The fraction of sp³-hybridized carbons (Fsp3) is 0.0476. The molecule has 0 radical (unpaired) electrons. The minimum absolute atomic E-state index is 0.273. The average Bonchev–Trinajstić information content (AvgIpc) is 2.68. The van der Waals surface area contributed by atoms with Gasteiger partial charge in [0.15, 0.2) is 0 Å². The Morgan fingerprint density at radius 3 is 2.52 bits per heavy atom. The van der Waals surface area contributed by atoms with Crippen LogP contribution in [0.5, 0.6) is 5.75 Å². The summed E-state index contributed by atoms with van der Waals surface area (Å²) in [6, 6.07) is 20.0. The molecule has 0 unspecified atom stereocenters. The molecule has 0 aromatic heterocycles. The van der Waals surface area contributed by atoms with Crippen LogP contribution in [0.25, 0.3) is 0 Å². The molecule has 0 heterocycles. The van der Waals surface area contributed by atoms with Crippen molar-refractivity contribution in [2.45, 2.75) is 6.61 Å². The number of halogens is 2. The zero-order chi connectivity index (χ0) is 19.1. The summed E-state index contributed by atoms with van der Waals surface area (Å²) in [7, 11) is 0. The summed E-state index contributed by atoms with van der Waals surface area (Å²) in [5.41, 5.74) is 4.57. The van der Waals surface area contributed by atoms with Crippen molar-refractivity contribution < 1.29 is 13.9 Å². The van der Waals surface area contributed by atoms with E-state index >= 15 is 0 Å². The Bertz CT molecular complexity index is 941. The molecule has 136 valence electrons. The van der Waals surface area contributed by atoms with Gasteiger partial charge in [-0.05, 0) is 65.7 Å². The quantitative estimate of drug-likeness (QED) is 0.490. The molecule has 0 fully saturated rings. The highest BCUT2D eigenvalue weighted by Crippen LogP contribution is 2.14. The molecule has 0 atom stereocenters. The second kappa shape index (κ2) is 8.96. The third kappa shape index (κ3) is 5.66. The van der Waals surface area contributed by atoms with Gasteiger partial charge in [-0.1, -0.05) is 29.8 Å². The highest BCUT2D eigenvalue weighted by molar-refractivity contribution is 6.30. The van der Waals surface area contributed by atoms with Gasteiger partial charge in [0.25, 0.3) is 5.91 Å². The topological polar surface area (TPSA) is 50.7 Å². The van der Waals surface area contributed by atoms with Crippen LogP contribution in [0.15, 0.2) is 77.9 Å². The first-order valence-corrected chi connectivity index (χ1v) is 8.54. The minimum Gasteiger partial charge on any atom is -0.489 e. The lowest BCUT2D eigenvalue weighted by molar-refractivity contribution is 0.0955. The Morgan fingerprint density at radius 1 is 1.07 bits per heavy atom. The zero-order valence-electron chi connectivity index (χ0n) is 14.2. The molecular weight excluding hydrogens is 367 g/mol. The van der Waals surface area contributed by atoms with Gasteiger partial charge < -0.3 is 4.74 Å². The van der Waals surface area contributed by atoms with Gasteiger partial charge in [0.1, 0.15) is 18.2 Å². The molecule has 3 aromatic carbocycles. The van der Waals surface area contributed by atoms with E-state index in [1.807, 2.05) is 12.1 Å². The summed E-state index contributed by atoms with van der Waals surface area (Å²) in [6.45, 7) is 0.351. The maximum absolute atomic E-state index is 12.9. The second-order valence-corrected chi connectivity index (χ2v) is 6.13. The monoisotopic (exact) mass is 382 g/mol. The van der Waals surface area contributed by atoms with Crippen molar-refractivity contribution in [2.75, 3.05) is 0 Å². The molecule has 0 aliphatic rings. The number of nitrogens with one attached hydrogen (secondary N) is 1. The van der Waals surface area contributed by atoms with Crippen LogP contribution in [0.2, 0.25) is 5.02 Å². The number of carbonyl (C=O) groups is 1. The minimum atomic E-state index is -0.340. The second-order valence-electron chi connectivity index (χ2n) is 5.69. The molecule has 0 saturated carbocycles. The number of amides is 1. The summed E-state index contributed by atoms with van der Waals surface area (Å²) in [4.78, 5) is 12.0. The van der Waals surface area contributed by atoms with Gasteiger partial charge in [-0.3, -0.25) is 4.79 Å². The smallest absolute Gasteiger partial charge is 0.271 e. The van der Waals surface area contributed by atoms with E-state index < -0.39 is 0 Å². The molecule has 0 spiro atoms. The lowest BCUT2D eigenvalue weighted by atomic mass is 10.2. The molecule has 4 nitrogen and oxygen atoms in total. The number of hydrogen-bond acceptors (Lipinski definition) is 3. The summed E-state index contributed by atoms with van der Waals surface area (Å²) in [5.74, 6) is 0.0669. The number of hydrogen-bond donors (Lipinski definition) is 1. The molecule has 0 aliphatic carbocycles. The van der Waals surface area contributed by atoms with Crippen molar-refractivity contribution in [3.8, 4) is 5.75 Å². The first kappa shape index (κ1) is 18.6. The van der Waals surface area contributed by atoms with Gasteiger partial charge in [0.05, 0.1) is 6.21 Å². The predicted molar refractivity (Wildman–Crippen MR) is 104 cm³/mol. The molecular formula is C21H16ClFN2O2. The zero-order valence-corrected chi connectivity index (χ0v) is 15.0. The third-order valence-corrected chi connectivity index (χ3v) is 3.90. The Hall–Kier alpha value is -3.18. The van der Waals surface area contributed by atoms with Gasteiger partial charge in [-0.25, -0.2) is 9.82 Å². The summed E-state index contributed by atoms with van der Waals surface area (Å²) in [5, 5.41) is 4.42. The van der Waals surface area contributed by atoms with Crippen molar-refractivity contribution in [3.63, 3.8) is 0 Å². The molecule has 1 N–H and O–H groups in total. The van der Waals surface area contributed by atoms with Gasteiger partial charge in [0.2, 0.25) is 0 Å². The first-order chi connectivity index (χ1) is 13.1. The number of ether oxygens (including phenoxy) is 1. The lowest BCUT2D eigenvalue weighted by Crippen LogP contribution is -2.17. The molecule has 1 amide bonds. The molecule has 3 rings (SSSR count). The number of rotatable bonds is 6. The molecule has 0 saturated heterocycles. The fourth-order valence-electron chi connectivity index (χ4n) is 2.26. The standard InChI is InChI=1S/C21H16ClFN2O2/c22-18-3-1-2-17(12-18)21(26)25-24-13-15-6-10-20(11-7-15)27-14-16-4-8-19(23)9-5-16/h1-13H,14H2,(H,25,26)/b24-13-. The van der Waals surface area contributed by atoms with Crippen molar-refractivity contribution in [1.82, 2.24) is 5.43 Å². The van der Waals surface area contributed by atoms with Crippen LogP contribution >= 0.6 is 11.6 Å². The Morgan fingerprint density at radius 2 is 1.81 bits per heavy atom. The van der Waals surface area contributed by atoms with Crippen LogP contribution in [0.1, 0.15) is 21.5 Å². The molecule has 6 heteroatoms. The summed E-state index contributed by atoms with van der Waals surface area (Å²) in [6.07, 6.45) is 1.53. The Labute approximate surface area is 161 Å². The van der Waals surface area contributed by atoms with Crippen molar-refractivity contribution in [3.05, 3.63) is 100 Å². The van der Waals surface area contributed by atoms with Gasteiger partial charge in [-0.2, -0.15) is 5.10 Å². The van der Waals surface area contributed by atoms with Crippen LogP contribution in [-0.4, -0.2) is 12.1 Å². The van der Waals surface area contributed by atoms with E-state index in [2.05, 4.69) is 10.5 Å². The number of benzene rings is 3. The SMILES string of the molecule is O=C(N/N=C\c1ccc(OCc2ccc(F)cc2)cc1)c1cccc(Cl)c1. The van der Waals surface area contributed by atoms with E-state index in [1.165, 1.54) is 18.3 Å². The lowest BCUT2D eigenvalue weighted by Gasteiger charge is -2.06. The first-order valence-electron chi connectivity index (χ1n) is 8.16. The van der Waals surface area contributed by atoms with Crippen LogP contribution in [0.3, 0.4) is 0 Å². The summed E-state index contributed by atoms with van der Waals surface area (Å²) >= 11 is 5.86. The number of nitrogens with zero attached hydrogens (tertiary/aromatic N) is 1. The Kier molecular flexibility index (Phi) is 6.18. The van der Waals surface area contributed by atoms with E-state index in [1.54, 1.807) is 48.5 Å². The maximum atomic E-state index is 12.9. The van der Waals surface area contributed by atoms with Crippen molar-refractivity contribution >= 4 is 23.7 Å². The van der Waals surface area contributed by atoms with Crippen LogP contribution < -0.4 is 10.2 Å². The number of carbonyl (C=O) groups excluding carboxylic acids is 1. The Balaban J connectivity index is 1.51. The average molecular weight is 383 g/mol. The van der Waals surface area contributed by atoms with Crippen LogP contribution in [0.4, 0.5) is 4.39 Å². The van der Waals surface area contributed by atoms with Gasteiger partial charge in [0, 0.05) is 10.6 Å². The molecule has 0 bridgehead atoms. The van der Waals surface area contributed by atoms with Gasteiger partial charge >= 0.3 is 0 Å². The third-order valence-electron chi connectivity index (χ3n) is 3.67. The highest BCUT2D eigenvalue weighted by atomic mass is 35.5. The van der Waals surface area contributed by atoms with Crippen molar-refractivity contribution in [1.29, 1.82) is 0 Å². The van der Waals surface area contributed by atoms with Gasteiger partial charge in [-0.15, -0.1) is 0 Å². The molecule has 3 aromatic rings. The highest BCUT2D eigenvalue weighted by Gasteiger charge is 2.04. The van der Waals surface area contributed by atoms with E-state index in [4.69, 9.17) is 16.3 Å². The van der Waals surface area contributed by atoms with Crippen LogP contribution in [0, 0.1) is 5.82 Å². The maximum Gasteiger partial charge on any atom is 0.271 e. The summed E-state index contributed by atoms with van der Waals surface area (Å²) < 4.78 is 18.5. The van der Waals surface area contributed by atoms with E-state index in [9.17, 15) is 9.18 Å². The van der Waals surface area contributed by atoms with Crippen LogP contribution in [-0.2, 0) is 6.61 Å². The predicted octanol–water partition coefficient (Wildman–Crippen LogP) is 4.82. The molecule has 0 aliphatic heterocycles. The van der Waals surface area contributed by atoms with Crippen molar-refractivity contribution in [2.24, 2.45) is 5.10 Å². The molecule has 27 heavy (non-hydrogen) atoms. The van der Waals surface area contributed by atoms with E-state index in [-0.39, 0.29) is 11.7 Å². The largest absolute Gasteiger partial charge is 0.489 e. The fourth-order valence-corrected chi connectivity index (χ4v) is 2.45. The van der Waals surface area contributed by atoms with E-state index in [0.29, 0.717) is 22.9 Å². The normalized spacial score (nSPS) is 10.7.